The molecule has 2 N–H and O–H groups in total. The molecule has 2 fully saturated rings. The topological polar surface area (TPSA) is 75.0 Å². The summed E-state index contributed by atoms with van der Waals surface area (Å²) in [7, 11) is 1.47. The van der Waals surface area contributed by atoms with Gasteiger partial charge in [-0.15, -0.1) is 0 Å². The lowest BCUT2D eigenvalue weighted by molar-refractivity contribution is -0.152. The molecule has 37 heavy (non-hydrogen) atoms. The Hall–Kier alpha value is -2.59. The molecule has 1 aromatic heterocycles. The van der Waals surface area contributed by atoms with E-state index < -0.39 is 35.1 Å². The Balaban J connectivity index is 1.60. The second-order valence-electron chi connectivity index (χ2n) is 10.2. The molecule has 1 saturated carbocycles. The number of aliphatic hydroxyl groups is 2. The Morgan fingerprint density at radius 1 is 1.14 bits per heavy atom. The van der Waals surface area contributed by atoms with Gasteiger partial charge in [-0.25, -0.2) is 8.78 Å². The molecule has 0 amide bonds. The first-order chi connectivity index (χ1) is 17.7. The molecule has 3 aromatic rings. The van der Waals surface area contributed by atoms with Crippen molar-refractivity contribution in [3.63, 3.8) is 0 Å². The molecule has 5 atom stereocenters. The summed E-state index contributed by atoms with van der Waals surface area (Å²) in [5.41, 5.74) is -1.62. The Morgan fingerprint density at radius 2 is 1.86 bits per heavy atom. The fourth-order valence-electron chi connectivity index (χ4n) is 6.69. The van der Waals surface area contributed by atoms with E-state index in [1.165, 1.54) is 19.5 Å². The largest absolute Gasteiger partial charge is 0.495 e. The molecular formula is C28H27BrF2N2O4. The monoisotopic (exact) mass is 572 g/mol. The molecule has 0 bridgehead atoms. The van der Waals surface area contributed by atoms with Crippen LogP contribution in [0.2, 0.25) is 0 Å². The zero-order valence-electron chi connectivity index (χ0n) is 20.2. The zero-order chi connectivity index (χ0) is 26.0. The van der Waals surface area contributed by atoms with Gasteiger partial charge in [-0.3, -0.25) is 9.88 Å². The summed E-state index contributed by atoms with van der Waals surface area (Å²) in [4.78, 5) is 5.90. The highest BCUT2D eigenvalue weighted by atomic mass is 79.9. The van der Waals surface area contributed by atoms with Gasteiger partial charge in [0.25, 0.3) is 5.92 Å². The van der Waals surface area contributed by atoms with Crippen LogP contribution < -0.4 is 9.47 Å². The highest BCUT2D eigenvalue weighted by Crippen LogP contribution is 2.69. The van der Waals surface area contributed by atoms with Gasteiger partial charge in [0.15, 0.2) is 11.2 Å². The minimum atomic E-state index is -2.78. The van der Waals surface area contributed by atoms with E-state index in [9.17, 15) is 19.0 Å². The number of ether oxygens (including phenoxy) is 2. The quantitative estimate of drug-likeness (QED) is 0.470. The Labute approximate surface area is 222 Å². The minimum absolute atomic E-state index is 0.170. The van der Waals surface area contributed by atoms with E-state index >= 15 is 0 Å². The molecule has 1 aliphatic carbocycles. The van der Waals surface area contributed by atoms with Crippen LogP contribution in [0.1, 0.15) is 29.0 Å². The second-order valence-corrected chi connectivity index (χ2v) is 11.1. The van der Waals surface area contributed by atoms with Crippen molar-refractivity contribution in [2.45, 2.75) is 35.6 Å². The van der Waals surface area contributed by atoms with E-state index in [4.69, 9.17) is 9.47 Å². The van der Waals surface area contributed by atoms with Gasteiger partial charge in [0.1, 0.15) is 11.5 Å². The maximum atomic E-state index is 14.2. The third-order valence-corrected chi connectivity index (χ3v) is 8.69. The van der Waals surface area contributed by atoms with Gasteiger partial charge in [0.05, 0.1) is 37.7 Å². The Morgan fingerprint density at radius 3 is 2.51 bits per heavy atom. The highest BCUT2D eigenvalue weighted by molar-refractivity contribution is 9.10. The van der Waals surface area contributed by atoms with E-state index in [0.717, 1.165) is 10.0 Å². The van der Waals surface area contributed by atoms with Crippen LogP contribution in [0.3, 0.4) is 0 Å². The van der Waals surface area contributed by atoms with Crippen LogP contribution in [-0.2, 0) is 11.2 Å². The van der Waals surface area contributed by atoms with Gasteiger partial charge in [0, 0.05) is 35.8 Å². The summed E-state index contributed by atoms with van der Waals surface area (Å²) in [6.45, 7) is 0.00124. The summed E-state index contributed by atoms with van der Waals surface area (Å²) in [5.74, 6) is -3.38. The van der Waals surface area contributed by atoms with Crippen LogP contribution in [0.4, 0.5) is 8.78 Å². The zero-order valence-corrected chi connectivity index (χ0v) is 21.7. The summed E-state index contributed by atoms with van der Waals surface area (Å²) < 4.78 is 41.5. The summed E-state index contributed by atoms with van der Waals surface area (Å²) in [6, 6.07) is 16.9. The van der Waals surface area contributed by atoms with Crippen LogP contribution in [0, 0.1) is 5.92 Å². The van der Waals surface area contributed by atoms with Crippen molar-refractivity contribution in [3.8, 4) is 11.5 Å². The molecule has 5 unspecified atom stereocenters. The fraction of sp³-hybridized carbons (Fsp3) is 0.393. The maximum absolute atomic E-state index is 14.2. The predicted octanol–water partition coefficient (Wildman–Crippen LogP) is 4.44. The molecule has 3 heterocycles. The van der Waals surface area contributed by atoms with E-state index in [1.54, 1.807) is 4.90 Å². The van der Waals surface area contributed by atoms with Gasteiger partial charge < -0.3 is 19.7 Å². The van der Waals surface area contributed by atoms with Crippen molar-refractivity contribution in [1.82, 2.24) is 9.88 Å². The number of hydrogen-bond acceptors (Lipinski definition) is 6. The van der Waals surface area contributed by atoms with Gasteiger partial charge >= 0.3 is 0 Å². The first-order valence-corrected chi connectivity index (χ1v) is 13.0. The number of aliphatic hydroxyl groups excluding tert-OH is 1. The third-order valence-electron chi connectivity index (χ3n) is 8.16. The highest BCUT2D eigenvalue weighted by Gasteiger charge is 2.76. The van der Waals surface area contributed by atoms with Crippen molar-refractivity contribution in [1.29, 1.82) is 0 Å². The Kier molecular flexibility index (Phi) is 5.83. The van der Waals surface area contributed by atoms with Gasteiger partial charge in [-0.2, -0.15) is 0 Å². The number of alkyl halides is 2. The average Bonchev–Trinajstić information content (AvgIpc) is 3.44. The lowest BCUT2D eigenvalue weighted by Gasteiger charge is -2.41. The van der Waals surface area contributed by atoms with Crippen LogP contribution in [-0.4, -0.2) is 58.9 Å². The summed E-state index contributed by atoms with van der Waals surface area (Å²) >= 11 is 3.48. The molecule has 194 valence electrons. The SMILES string of the molecule is COc1cncc2c1C1(O)C(O)C(CN3CCC(F)(F)C3)C(c3ccccc3)C1(c1ccc(Br)cc1)O2. The normalized spacial score (nSPS) is 32.1. The molecule has 6 nitrogen and oxygen atoms in total. The smallest absolute Gasteiger partial charge is 0.261 e. The molecule has 2 aromatic carbocycles. The van der Waals surface area contributed by atoms with Gasteiger partial charge in [-0.1, -0.05) is 58.4 Å². The molecular weight excluding hydrogens is 546 g/mol. The van der Waals surface area contributed by atoms with Crippen LogP contribution in [0.25, 0.3) is 0 Å². The molecule has 6 rings (SSSR count). The molecule has 0 radical (unpaired) electrons. The number of likely N-dealkylation sites (tertiary alicyclic amines) is 1. The van der Waals surface area contributed by atoms with Crippen molar-refractivity contribution < 1.29 is 28.5 Å². The van der Waals surface area contributed by atoms with E-state index in [1.807, 2.05) is 54.6 Å². The molecule has 0 spiro atoms. The molecule has 1 saturated heterocycles. The van der Waals surface area contributed by atoms with E-state index in [0.29, 0.717) is 22.6 Å². The van der Waals surface area contributed by atoms with Crippen molar-refractivity contribution >= 4 is 15.9 Å². The number of pyridine rings is 1. The number of hydrogen-bond donors (Lipinski definition) is 2. The summed E-state index contributed by atoms with van der Waals surface area (Å²) in [5, 5.41) is 24.8. The van der Waals surface area contributed by atoms with E-state index in [2.05, 4.69) is 20.9 Å². The number of benzene rings is 2. The van der Waals surface area contributed by atoms with Crippen molar-refractivity contribution in [2.75, 3.05) is 26.7 Å². The van der Waals surface area contributed by atoms with Gasteiger partial charge in [-0.05, 0) is 23.3 Å². The number of fused-ring (bicyclic) bond motifs is 3. The van der Waals surface area contributed by atoms with Gasteiger partial charge in [0.2, 0.25) is 0 Å². The second kappa shape index (κ2) is 8.73. The lowest BCUT2D eigenvalue weighted by atomic mass is 9.70. The van der Waals surface area contributed by atoms with Crippen LogP contribution in [0.15, 0.2) is 71.5 Å². The van der Waals surface area contributed by atoms with Crippen LogP contribution in [0.5, 0.6) is 11.5 Å². The Bertz CT molecular complexity index is 1310. The number of nitrogens with zero attached hydrogens (tertiary/aromatic N) is 2. The first kappa shape index (κ1) is 24.7. The molecule has 9 heteroatoms. The minimum Gasteiger partial charge on any atom is -0.495 e. The van der Waals surface area contributed by atoms with E-state index in [-0.39, 0.29) is 26.1 Å². The number of aromatic nitrogens is 1. The lowest BCUT2D eigenvalue weighted by Crippen LogP contribution is -2.52. The molecule has 2 aliphatic heterocycles. The van der Waals surface area contributed by atoms with Crippen molar-refractivity contribution in [2.24, 2.45) is 5.92 Å². The standard InChI is InChI=1S/C28H27BrF2N2O4/c1-36-21-13-32-14-22-24(21)27(35)25(34)20(15-33-12-11-26(30,31)16-33)23(17-5-3-2-4-6-17)28(27,37-22)18-7-9-19(29)10-8-18/h2-10,13-14,20,23,25,34-35H,11-12,15-16H2,1H3. The molecule has 3 aliphatic rings. The predicted molar refractivity (Wildman–Crippen MR) is 136 cm³/mol. The number of methoxy groups -OCH3 is 1. The number of rotatable bonds is 5. The summed E-state index contributed by atoms with van der Waals surface area (Å²) in [6.07, 6.45) is 1.41. The fourth-order valence-corrected chi connectivity index (χ4v) is 6.96. The average molecular weight is 573 g/mol. The van der Waals surface area contributed by atoms with Crippen LogP contribution >= 0.6 is 15.9 Å². The first-order valence-electron chi connectivity index (χ1n) is 12.2. The van der Waals surface area contributed by atoms with Crippen molar-refractivity contribution in [3.05, 3.63) is 88.2 Å². The third kappa shape index (κ3) is 3.55. The maximum Gasteiger partial charge on any atom is 0.261 e. The number of halogens is 3.